The van der Waals surface area contributed by atoms with Crippen molar-refractivity contribution in [3.63, 3.8) is 0 Å². The van der Waals surface area contributed by atoms with E-state index in [1.54, 1.807) is 24.3 Å². The van der Waals surface area contributed by atoms with Gasteiger partial charge in [-0.15, -0.1) is 0 Å². The summed E-state index contributed by atoms with van der Waals surface area (Å²) in [5.74, 6) is -0.723. The molecule has 7 nitrogen and oxygen atoms in total. The average molecular weight is 321 g/mol. The van der Waals surface area contributed by atoms with Gasteiger partial charge in [0.1, 0.15) is 5.65 Å². The Balaban J connectivity index is 2.11. The Kier molecular flexibility index (Phi) is 3.06. The summed E-state index contributed by atoms with van der Waals surface area (Å²) in [7, 11) is 0. The molecule has 0 saturated carbocycles. The van der Waals surface area contributed by atoms with Gasteiger partial charge in [-0.2, -0.15) is 9.61 Å². The van der Waals surface area contributed by atoms with E-state index in [-0.39, 0.29) is 11.3 Å². The Labute approximate surface area is 134 Å². The van der Waals surface area contributed by atoms with E-state index in [9.17, 15) is 9.59 Å². The van der Waals surface area contributed by atoms with E-state index in [2.05, 4.69) is 10.1 Å². The lowest BCUT2D eigenvalue weighted by Gasteiger charge is -2.08. The fourth-order valence-corrected chi connectivity index (χ4v) is 2.61. The molecule has 0 radical (unpaired) electrons. The summed E-state index contributed by atoms with van der Waals surface area (Å²) in [6.07, 6.45) is 1.51. The highest BCUT2D eigenvalue weighted by Crippen LogP contribution is 2.28. The average Bonchev–Trinajstić information content (AvgIpc) is 3.25. The van der Waals surface area contributed by atoms with Gasteiger partial charge in [0.05, 0.1) is 17.5 Å². The molecule has 0 amide bonds. The molecule has 24 heavy (non-hydrogen) atoms. The van der Waals surface area contributed by atoms with Crippen LogP contribution in [0.3, 0.4) is 0 Å². The van der Waals surface area contributed by atoms with Crippen LogP contribution in [0.15, 0.2) is 64.0 Å². The number of nitrogens with one attached hydrogen (secondary N) is 1. The Hall–Kier alpha value is -3.61. The van der Waals surface area contributed by atoms with Gasteiger partial charge >= 0.3 is 5.97 Å². The minimum absolute atomic E-state index is 0.209. The van der Waals surface area contributed by atoms with Crippen LogP contribution in [-0.4, -0.2) is 25.7 Å². The second-order valence-corrected chi connectivity index (χ2v) is 5.16. The van der Waals surface area contributed by atoms with Gasteiger partial charge in [-0.05, 0) is 17.7 Å². The molecule has 118 valence electrons. The van der Waals surface area contributed by atoms with Crippen molar-refractivity contribution < 1.29 is 14.3 Å². The van der Waals surface area contributed by atoms with Gasteiger partial charge in [0.25, 0.3) is 5.56 Å². The van der Waals surface area contributed by atoms with Crippen LogP contribution in [0.2, 0.25) is 0 Å². The summed E-state index contributed by atoms with van der Waals surface area (Å²) in [4.78, 5) is 27.1. The molecule has 0 aliphatic carbocycles. The minimum Gasteiger partial charge on any atom is -0.476 e. The lowest BCUT2D eigenvalue weighted by atomic mass is 10.0. The molecule has 0 atom stereocenters. The summed E-state index contributed by atoms with van der Waals surface area (Å²) < 4.78 is 6.48. The first-order chi connectivity index (χ1) is 11.6. The molecule has 2 N–H and O–H groups in total. The Morgan fingerprint density at radius 2 is 1.96 bits per heavy atom. The summed E-state index contributed by atoms with van der Waals surface area (Å²) >= 11 is 0. The molecule has 7 heteroatoms. The summed E-state index contributed by atoms with van der Waals surface area (Å²) in [6.45, 7) is 0. The predicted octanol–water partition coefficient (Wildman–Crippen LogP) is 2.65. The highest BCUT2D eigenvalue weighted by Gasteiger charge is 2.20. The van der Waals surface area contributed by atoms with Gasteiger partial charge in [-0.3, -0.25) is 4.79 Å². The molecule has 0 aliphatic rings. The lowest BCUT2D eigenvalue weighted by molar-refractivity contribution is 0.0690. The summed E-state index contributed by atoms with van der Waals surface area (Å²) in [5, 5.41) is 13.0. The van der Waals surface area contributed by atoms with Crippen molar-refractivity contribution in [2.75, 3.05) is 0 Å². The normalized spacial score (nSPS) is 11.0. The van der Waals surface area contributed by atoms with Gasteiger partial charge < -0.3 is 14.5 Å². The zero-order valence-electron chi connectivity index (χ0n) is 12.3. The molecule has 4 aromatic rings. The number of aromatic nitrogens is 3. The molecule has 3 heterocycles. The first kappa shape index (κ1) is 14.0. The molecule has 0 fully saturated rings. The number of furan rings is 1. The van der Waals surface area contributed by atoms with Crippen LogP contribution in [0, 0.1) is 0 Å². The quantitative estimate of drug-likeness (QED) is 0.604. The number of H-pyrrole nitrogens is 1. The van der Waals surface area contributed by atoms with E-state index < -0.39 is 11.5 Å². The molecule has 1 aromatic carbocycles. The molecular weight excluding hydrogens is 310 g/mol. The van der Waals surface area contributed by atoms with E-state index in [4.69, 9.17) is 9.52 Å². The fraction of sp³-hybridized carbons (Fsp3) is 0. The second kappa shape index (κ2) is 5.24. The maximum atomic E-state index is 12.9. The van der Waals surface area contributed by atoms with Crippen LogP contribution in [0.5, 0.6) is 0 Å². The number of aromatic amines is 1. The summed E-state index contributed by atoms with van der Waals surface area (Å²) in [5.41, 5.74) is 1.16. The smallest absolute Gasteiger partial charge is 0.356 e. The van der Waals surface area contributed by atoms with Crippen molar-refractivity contribution in [1.82, 2.24) is 14.6 Å². The van der Waals surface area contributed by atoms with E-state index in [1.165, 1.54) is 12.3 Å². The Morgan fingerprint density at radius 1 is 1.17 bits per heavy atom. The van der Waals surface area contributed by atoms with Gasteiger partial charge in [0.15, 0.2) is 11.5 Å². The number of aromatic carboxylic acids is 1. The third kappa shape index (κ3) is 2.11. The number of fused-ring (bicyclic) bond motifs is 1. The number of hydrogen-bond acceptors (Lipinski definition) is 4. The van der Waals surface area contributed by atoms with E-state index in [0.717, 1.165) is 4.52 Å². The number of hydrogen-bond donors (Lipinski definition) is 2. The number of benzene rings is 1. The van der Waals surface area contributed by atoms with Crippen molar-refractivity contribution in [1.29, 1.82) is 0 Å². The molecular formula is C17H11N3O4. The first-order valence-corrected chi connectivity index (χ1v) is 7.14. The SMILES string of the molecule is O=C(O)c1cc2[nH]c(-c3ccco3)c(-c3ccccc3)c(=O)n2n1. The van der Waals surface area contributed by atoms with Gasteiger partial charge in [-0.1, -0.05) is 30.3 Å². The maximum Gasteiger partial charge on any atom is 0.356 e. The second-order valence-electron chi connectivity index (χ2n) is 5.16. The van der Waals surface area contributed by atoms with E-state index in [0.29, 0.717) is 22.6 Å². The van der Waals surface area contributed by atoms with Crippen molar-refractivity contribution in [2.45, 2.75) is 0 Å². The molecule has 3 aromatic heterocycles. The highest BCUT2D eigenvalue weighted by atomic mass is 16.4. The molecule has 0 unspecified atom stereocenters. The molecule has 4 rings (SSSR count). The van der Waals surface area contributed by atoms with Crippen LogP contribution in [0.1, 0.15) is 10.5 Å². The number of carboxylic acids is 1. The van der Waals surface area contributed by atoms with Crippen molar-refractivity contribution in [3.05, 3.63) is 70.8 Å². The van der Waals surface area contributed by atoms with Crippen LogP contribution < -0.4 is 5.56 Å². The maximum absolute atomic E-state index is 12.9. The van der Waals surface area contributed by atoms with Crippen LogP contribution in [0.4, 0.5) is 0 Å². The largest absolute Gasteiger partial charge is 0.476 e. The molecule has 0 saturated heterocycles. The number of nitrogens with zero attached hydrogens (tertiary/aromatic N) is 2. The van der Waals surface area contributed by atoms with E-state index in [1.807, 2.05) is 18.2 Å². The third-order valence-electron chi connectivity index (χ3n) is 3.67. The number of carboxylic acid groups (broad SMARTS) is 1. The minimum atomic E-state index is -1.20. The Bertz CT molecular complexity index is 1090. The highest BCUT2D eigenvalue weighted by molar-refractivity contribution is 5.87. The molecule has 0 spiro atoms. The van der Waals surface area contributed by atoms with E-state index >= 15 is 0 Å². The topological polar surface area (TPSA) is 101 Å². The number of carbonyl (C=O) groups is 1. The third-order valence-corrected chi connectivity index (χ3v) is 3.67. The van der Waals surface area contributed by atoms with Gasteiger partial charge in [-0.25, -0.2) is 4.79 Å². The Morgan fingerprint density at radius 3 is 2.62 bits per heavy atom. The van der Waals surface area contributed by atoms with Gasteiger partial charge in [0, 0.05) is 6.07 Å². The first-order valence-electron chi connectivity index (χ1n) is 7.14. The van der Waals surface area contributed by atoms with Crippen LogP contribution in [-0.2, 0) is 0 Å². The summed E-state index contributed by atoms with van der Waals surface area (Å²) in [6, 6.07) is 13.8. The lowest BCUT2D eigenvalue weighted by Crippen LogP contribution is -2.19. The molecule has 0 bridgehead atoms. The van der Waals surface area contributed by atoms with Crippen molar-refractivity contribution in [2.24, 2.45) is 0 Å². The number of rotatable bonds is 3. The fourth-order valence-electron chi connectivity index (χ4n) is 2.61. The predicted molar refractivity (Wildman–Crippen MR) is 85.9 cm³/mol. The zero-order chi connectivity index (χ0) is 16.7. The van der Waals surface area contributed by atoms with Crippen molar-refractivity contribution in [3.8, 4) is 22.6 Å². The standard InChI is InChI=1S/C17H11N3O4/c21-16-14(10-5-2-1-3-6-10)15(12-7-4-8-24-12)18-13-9-11(17(22)23)19-20(13)16/h1-9,18H,(H,22,23). The zero-order valence-corrected chi connectivity index (χ0v) is 12.3. The van der Waals surface area contributed by atoms with Crippen LogP contribution >= 0.6 is 0 Å². The molecule has 0 aliphatic heterocycles. The van der Waals surface area contributed by atoms with Gasteiger partial charge in [0.2, 0.25) is 0 Å². The monoisotopic (exact) mass is 321 g/mol. The van der Waals surface area contributed by atoms with Crippen molar-refractivity contribution >= 4 is 11.6 Å². The van der Waals surface area contributed by atoms with Crippen LogP contribution in [0.25, 0.3) is 28.2 Å².